The van der Waals surface area contributed by atoms with Gasteiger partial charge in [-0.05, 0) is 25.7 Å². The number of sulfone groups is 1. The number of alkyl halides is 1. The molecule has 0 amide bonds. The number of hydrogen-bond donors (Lipinski definition) is 0. The van der Waals surface area contributed by atoms with E-state index in [9.17, 15) is 8.42 Å². The van der Waals surface area contributed by atoms with Gasteiger partial charge in [-0.15, -0.1) is 16.7 Å². The van der Waals surface area contributed by atoms with E-state index in [4.69, 9.17) is 11.6 Å². The molecule has 1 aromatic rings. The highest BCUT2D eigenvalue weighted by Crippen LogP contribution is 2.32. The molecular formula is C12H20ClN3O2S. The van der Waals surface area contributed by atoms with Crippen molar-refractivity contribution in [3.63, 3.8) is 0 Å². The largest absolute Gasteiger partial charge is 0.249 e. The van der Waals surface area contributed by atoms with Gasteiger partial charge in [-0.1, -0.05) is 18.6 Å². The van der Waals surface area contributed by atoms with Crippen molar-refractivity contribution in [1.29, 1.82) is 0 Å². The standard InChI is InChI=1S/C12H20ClN3O2S/c1-3-11(13)12-8-16(15-14-12)9-5-4-6-10(7-9)19(2,17)18/h8-11H,3-7H2,1-2H3. The van der Waals surface area contributed by atoms with Crippen molar-refractivity contribution in [2.45, 2.75) is 55.7 Å². The summed E-state index contributed by atoms with van der Waals surface area (Å²) in [5.74, 6) is 0. The minimum absolute atomic E-state index is 0.121. The van der Waals surface area contributed by atoms with Crippen molar-refractivity contribution < 1.29 is 8.42 Å². The normalized spacial score (nSPS) is 26.3. The van der Waals surface area contributed by atoms with Gasteiger partial charge in [0.15, 0.2) is 0 Å². The van der Waals surface area contributed by atoms with Crippen LogP contribution in [0.1, 0.15) is 56.1 Å². The summed E-state index contributed by atoms with van der Waals surface area (Å²) in [6.07, 6.45) is 7.22. The minimum atomic E-state index is -2.97. The molecule has 0 aromatic carbocycles. The predicted octanol–water partition coefficient (Wildman–Crippen LogP) is 2.50. The number of halogens is 1. The number of aromatic nitrogens is 3. The molecule has 1 heterocycles. The summed E-state index contributed by atoms with van der Waals surface area (Å²) in [5, 5.41) is 7.82. The lowest BCUT2D eigenvalue weighted by Gasteiger charge is -2.27. The molecule has 3 unspecified atom stereocenters. The van der Waals surface area contributed by atoms with Crippen LogP contribution in [0.4, 0.5) is 0 Å². The Kier molecular flexibility index (Phi) is 4.50. The molecule has 19 heavy (non-hydrogen) atoms. The third-order valence-corrected chi connectivity index (χ3v) is 5.96. The van der Waals surface area contributed by atoms with Crippen LogP contribution in [0.25, 0.3) is 0 Å². The Morgan fingerprint density at radius 3 is 2.89 bits per heavy atom. The lowest BCUT2D eigenvalue weighted by atomic mass is 9.95. The lowest BCUT2D eigenvalue weighted by Crippen LogP contribution is -2.29. The third-order valence-electron chi connectivity index (χ3n) is 3.79. The quantitative estimate of drug-likeness (QED) is 0.802. The third kappa shape index (κ3) is 3.48. The van der Waals surface area contributed by atoms with E-state index in [1.54, 1.807) is 4.68 Å². The maximum Gasteiger partial charge on any atom is 0.150 e. The molecular weight excluding hydrogens is 286 g/mol. The van der Waals surface area contributed by atoms with Crippen LogP contribution >= 0.6 is 11.6 Å². The summed E-state index contributed by atoms with van der Waals surface area (Å²) < 4.78 is 25.1. The van der Waals surface area contributed by atoms with E-state index in [0.29, 0.717) is 6.42 Å². The molecule has 0 bridgehead atoms. The van der Waals surface area contributed by atoms with E-state index < -0.39 is 9.84 Å². The Labute approximate surface area is 119 Å². The van der Waals surface area contributed by atoms with Crippen molar-refractivity contribution in [3.8, 4) is 0 Å². The molecule has 1 aliphatic rings. The highest BCUT2D eigenvalue weighted by atomic mass is 35.5. The van der Waals surface area contributed by atoms with Crippen LogP contribution in [0, 0.1) is 0 Å². The first kappa shape index (κ1) is 14.8. The second-order valence-corrected chi connectivity index (χ2v) is 8.12. The first-order chi connectivity index (χ1) is 8.91. The van der Waals surface area contributed by atoms with Gasteiger partial charge in [0.1, 0.15) is 15.5 Å². The predicted molar refractivity (Wildman–Crippen MR) is 75.0 cm³/mol. The van der Waals surface area contributed by atoms with Gasteiger partial charge >= 0.3 is 0 Å². The Morgan fingerprint density at radius 1 is 1.53 bits per heavy atom. The summed E-state index contributed by atoms with van der Waals surface area (Å²) in [5.41, 5.74) is 0.769. The monoisotopic (exact) mass is 305 g/mol. The van der Waals surface area contributed by atoms with E-state index >= 15 is 0 Å². The summed E-state index contributed by atoms with van der Waals surface area (Å²) in [6, 6.07) is 0.121. The molecule has 1 saturated carbocycles. The minimum Gasteiger partial charge on any atom is -0.249 e. The average molecular weight is 306 g/mol. The smallest absolute Gasteiger partial charge is 0.150 e. The van der Waals surface area contributed by atoms with Crippen LogP contribution in [-0.2, 0) is 9.84 Å². The highest BCUT2D eigenvalue weighted by Gasteiger charge is 2.30. The topological polar surface area (TPSA) is 64.8 Å². The van der Waals surface area contributed by atoms with Gasteiger partial charge < -0.3 is 0 Å². The fraction of sp³-hybridized carbons (Fsp3) is 0.833. The second kappa shape index (κ2) is 5.79. The number of hydrogen-bond acceptors (Lipinski definition) is 4. The summed E-state index contributed by atoms with van der Waals surface area (Å²) in [6.45, 7) is 2.00. The fourth-order valence-corrected chi connectivity index (χ4v) is 3.84. The van der Waals surface area contributed by atoms with Crippen LogP contribution in [0.15, 0.2) is 6.20 Å². The van der Waals surface area contributed by atoms with Gasteiger partial charge in [-0.3, -0.25) is 0 Å². The molecule has 0 N–H and O–H groups in total. The molecule has 0 spiro atoms. The number of nitrogens with zero attached hydrogens (tertiary/aromatic N) is 3. The first-order valence-electron chi connectivity index (χ1n) is 6.66. The maximum atomic E-state index is 11.7. The maximum absolute atomic E-state index is 11.7. The van der Waals surface area contributed by atoms with E-state index in [0.717, 1.165) is 31.4 Å². The lowest BCUT2D eigenvalue weighted by molar-refractivity contribution is 0.324. The van der Waals surface area contributed by atoms with Crippen molar-refractivity contribution in [2.24, 2.45) is 0 Å². The molecule has 1 fully saturated rings. The van der Waals surface area contributed by atoms with Gasteiger partial charge in [-0.25, -0.2) is 13.1 Å². The first-order valence-corrected chi connectivity index (χ1v) is 9.05. The van der Waals surface area contributed by atoms with Crippen LogP contribution < -0.4 is 0 Å². The van der Waals surface area contributed by atoms with Crippen molar-refractivity contribution >= 4 is 21.4 Å². The van der Waals surface area contributed by atoms with Gasteiger partial charge in [0.25, 0.3) is 0 Å². The van der Waals surface area contributed by atoms with Crippen LogP contribution in [0.3, 0.4) is 0 Å². The van der Waals surface area contributed by atoms with Crippen molar-refractivity contribution in [2.75, 3.05) is 6.26 Å². The molecule has 0 saturated heterocycles. The van der Waals surface area contributed by atoms with E-state index in [2.05, 4.69) is 10.3 Å². The molecule has 0 aliphatic heterocycles. The Hall–Kier alpha value is -0.620. The molecule has 0 radical (unpaired) electrons. The average Bonchev–Trinajstić information content (AvgIpc) is 2.86. The summed E-state index contributed by atoms with van der Waals surface area (Å²) >= 11 is 6.13. The molecule has 1 aliphatic carbocycles. The molecule has 108 valence electrons. The summed E-state index contributed by atoms with van der Waals surface area (Å²) in [4.78, 5) is 0. The van der Waals surface area contributed by atoms with Crippen molar-refractivity contribution in [3.05, 3.63) is 11.9 Å². The molecule has 3 atom stereocenters. The van der Waals surface area contributed by atoms with Gasteiger partial charge in [0, 0.05) is 6.26 Å². The SMILES string of the molecule is CCC(Cl)c1cn(C2CCCC(S(C)(=O)=O)C2)nn1. The second-order valence-electron chi connectivity index (χ2n) is 5.27. The Morgan fingerprint density at radius 2 is 2.26 bits per heavy atom. The molecule has 7 heteroatoms. The van der Waals surface area contributed by atoms with Crippen LogP contribution in [0.5, 0.6) is 0 Å². The van der Waals surface area contributed by atoms with E-state index in [-0.39, 0.29) is 16.7 Å². The molecule has 5 nitrogen and oxygen atoms in total. The van der Waals surface area contributed by atoms with Crippen LogP contribution in [-0.4, -0.2) is 34.9 Å². The van der Waals surface area contributed by atoms with Crippen LogP contribution in [0.2, 0.25) is 0 Å². The van der Waals surface area contributed by atoms with Gasteiger partial charge in [-0.2, -0.15) is 0 Å². The Balaban J connectivity index is 2.11. The van der Waals surface area contributed by atoms with Gasteiger partial charge in [0.2, 0.25) is 0 Å². The van der Waals surface area contributed by atoms with Gasteiger partial charge in [0.05, 0.1) is 22.9 Å². The zero-order chi connectivity index (χ0) is 14.0. The fourth-order valence-electron chi connectivity index (χ4n) is 2.57. The Bertz CT molecular complexity index is 529. The molecule has 2 rings (SSSR count). The van der Waals surface area contributed by atoms with E-state index in [1.807, 2.05) is 13.1 Å². The summed E-state index contributed by atoms with van der Waals surface area (Å²) in [7, 11) is -2.97. The zero-order valence-corrected chi connectivity index (χ0v) is 12.9. The molecule has 1 aromatic heterocycles. The zero-order valence-electron chi connectivity index (χ0n) is 11.3. The van der Waals surface area contributed by atoms with E-state index in [1.165, 1.54) is 6.26 Å². The van der Waals surface area contributed by atoms with Crippen molar-refractivity contribution in [1.82, 2.24) is 15.0 Å². The number of rotatable bonds is 4. The highest BCUT2D eigenvalue weighted by molar-refractivity contribution is 7.91.